The van der Waals surface area contributed by atoms with Crippen molar-refractivity contribution in [3.8, 4) is 0 Å². The van der Waals surface area contributed by atoms with Crippen LogP contribution in [0.5, 0.6) is 0 Å². The minimum Gasteiger partial charge on any atom is -0.394 e. The van der Waals surface area contributed by atoms with Crippen LogP contribution >= 0.6 is 0 Å². The zero-order chi connectivity index (χ0) is 14.7. The molecule has 0 aromatic rings. The molecule has 4 nitrogen and oxygen atoms in total. The molecule has 0 bridgehead atoms. The summed E-state index contributed by atoms with van der Waals surface area (Å²) in [6.07, 6.45) is 0.983. The molecule has 1 aliphatic heterocycles. The summed E-state index contributed by atoms with van der Waals surface area (Å²) >= 11 is 0. The molecule has 19 heavy (non-hydrogen) atoms. The lowest BCUT2D eigenvalue weighted by Crippen LogP contribution is -2.61. The lowest BCUT2D eigenvalue weighted by atomic mass is 9.91. The highest BCUT2D eigenvalue weighted by Crippen LogP contribution is 2.23. The number of hydrogen-bond acceptors (Lipinski definition) is 4. The Labute approximate surface area is 119 Å². The van der Waals surface area contributed by atoms with Crippen molar-refractivity contribution in [2.24, 2.45) is 0 Å². The van der Waals surface area contributed by atoms with E-state index in [0.717, 1.165) is 32.6 Å². The minimum absolute atomic E-state index is 0.165. The molecule has 4 heteroatoms. The van der Waals surface area contributed by atoms with Gasteiger partial charge >= 0.3 is 0 Å². The molecule has 1 saturated heterocycles. The number of piperazine rings is 1. The van der Waals surface area contributed by atoms with E-state index in [1.165, 1.54) is 0 Å². The summed E-state index contributed by atoms with van der Waals surface area (Å²) in [4.78, 5) is 5.00. The van der Waals surface area contributed by atoms with Crippen molar-refractivity contribution >= 4 is 0 Å². The predicted molar refractivity (Wildman–Crippen MR) is 81.5 cm³/mol. The molecular weight excluding hydrogens is 238 g/mol. The summed E-state index contributed by atoms with van der Waals surface area (Å²) in [6.45, 7) is 15.5. The Balaban J connectivity index is 2.60. The molecule has 2 atom stereocenters. The highest BCUT2D eigenvalue weighted by Gasteiger charge is 2.35. The van der Waals surface area contributed by atoms with E-state index in [2.05, 4.69) is 56.8 Å². The Morgan fingerprint density at radius 2 is 2.00 bits per heavy atom. The second-order valence-electron chi connectivity index (χ2n) is 7.01. The van der Waals surface area contributed by atoms with Crippen LogP contribution in [0.2, 0.25) is 0 Å². The SMILES string of the molecule is CCNC(C)(CO)CC(C)N1CCN(C)C(C)(C)C1. The van der Waals surface area contributed by atoms with Crippen molar-refractivity contribution < 1.29 is 5.11 Å². The van der Waals surface area contributed by atoms with E-state index in [9.17, 15) is 5.11 Å². The van der Waals surface area contributed by atoms with Crippen LogP contribution in [0.25, 0.3) is 0 Å². The highest BCUT2D eigenvalue weighted by atomic mass is 16.3. The molecule has 1 rings (SSSR count). The van der Waals surface area contributed by atoms with E-state index >= 15 is 0 Å². The van der Waals surface area contributed by atoms with Gasteiger partial charge in [-0.2, -0.15) is 0 Å². The molecule has 2 N–H and O–H groups in total. The van der Waals surface area contributed by atoms with Crippen LogP contribution in [-0.4, -0.2) is 71.9 Å². The van der Waals surface area contributed by atoms with E-state index in [-0.39, 0.29) is 17.7 Å². The quantitative estimate of drug-likeness (QED) is 0.760. The number of rotatable bonds is 6. The van der Waals surface area contributed by atoms with Crippen LogP contribution in [0.4, 0.5) is 0 Å². The standard InChI is InChI=1S/C15H33N3O/c1-7-16-15(5,12-19)10-13(2)18-9-8-17(6)14(3,4)11-18/h13,16,19H,7-12H2,1-6H3. The van der Waals surface area contributed by atoms with Crippen LogP contribution in [0.1, 0.15) is 41.0 Å². The fraction of sp³-hybridized carbons (Fsp3) is 1.00. The third kappa shape index (κ3) is 4.42. The molecule has 0 spiro atoms. The third-order valence-corrected chi connectivity index (χ3v) is 4.67. The fourth-order valence-corrected chi connectivity index (χ4v) is 3.05. The molecule has 1 heterocycles. The normalized spacial score (nSPS) is 26.1. The summed E-state index contributed by atoms with van der Waals surface area (Å²) < 4.78 is 0. The van der Waals surface area contributed by atoms with E-state index in [1.54, 1.807) is 0 Å². The maximum absolute atomic E-state index is 9.62. The van der Waals surface area contributed by atoms with Gasteiger partial charge in [0, 0.05) is 36.8 Å². The zero-order valence-corrected chi connectivity index (χ0v) is 13.7. The number of aliphatic hydroxyl groups is 1. The van der Waals surface area contributed by atoms with Crippen LogP contribution in [0.15, 0.2) is 0 Å². The fourth-order valence-electron chi connectivity index (χ4n) is 3.05. The zero-order valence-electron chi connectivity index (χ0n) is 13.7. The van der Waals surface area contributed by atoms with Gasteiger partial charge in [-0.25, -0.2) is 0 Å². The Morgan fingerprint density at radius 1 is 1.37 bits per heavy atom. The third-order valence-electron chi connectivity index (χ3n) is 4.67. The molecule has 0 aromatic heterocycles. The molecule has 0 amide bonds. The second kappa shape index (κ2) is 6.53. The largest absolute Gasteiger partial charge is 0.394 e. The molecular formula is C15H33N3O. The van der Waals surface area contributed by atoms with Crippen molar-refractivity contribution in [2.75, 3.05) is 39.8 Å². The molecule has 0 saturated carbocycles. The summed E-state index contributed by atoms with van der Waals surface area (Å²) in [5, 5.41) is 13.0. The second-order valence-corrected chi connectivity index (χ2v) is 7.01. The summed E-state index contributed by atoms with van der Waals surface area (Å²) in [5.41, 5.74) is 0.0714. The molecule has 1 fully saturated rings. The van der Waals surface area contributed by atoms with E-state index < -0.39 is 0 Å². The van der Waals surface area contributed by atoms with Gasteiger partial charge in [0.1, 0.15) is 0 Å². The highest BCUT2D eigenvalue weighted by molar-refractivity contribution is 4.93. The predicted octanol–water partition coefficient (Wildman–Crippen LogP) is 1.15. The molecule has 0 aliphatic carbocycles. The Morgan fingerprint density at radius 3 is 2.47 bits per heavy atom. The molecule has 0 aromatic carbocycles. The maximum atomic E-state index is 9.62. The molecule has 114 valence electrons. The number of aliphatic hydroxyl groups excluding tert-OH is 1. The Hall–Kier alpha value is -0.160. The average Bonchev–Trinajstić information content (AvgIpc) is 2.32. The summed E-state index contributed by atoms with van der Waals surface area (Å²) in [7, 11) is 2.21. The average molecular weight is 271 g/mol. The smallest absolute Gasteiger partial charge is 0.0611 e. The lowest BCUT2D eigenvalue weighted by molar-refractivity contribution is 0.00907. The van der Waals surface area contributed by atoms with E-state index in [4.69, 9.17) is 0 Å². The number of nitrogens with zero attached hydrogens (tertiary/aromatic N) is 2. The minimum atomic E-state index is -0.165. The van der Waals surface area contributed by atoms with E-state index in [1.807, 2.05) is 0 Å². The van der Waals surface area contributed by atoms with Crippen LogP contribution in [0, 0.1) is 0 Å². The number of hydrogen-bond donors (Lipinski definition) is 2. The van der Waals surface area contributed by atoms with Gasteiger partial charge in [0.15, 0.2) is 0 Å². The van der Waals surface area contributed by atoms with Gasteiger partial charge in [0.2, 0.25) is 0 Å². The lowest BCUT2D eigenvalue weighted by Gasteiger charge is -2.48. The van der Waals surface area contributed by atoms with Gasteiger partial charge in [-0.1, -0.05) is 6.92 Å². The van der Waals surface area contributed by atoms with Crippen molar-refractivity contribution in [1.82, 2.24) is 15.1 Å². The first-order valence-corrected chi connectivity index (χ1v) is 7.55. The maximum Gasteiger partial charge on any atom is 0.0611 e. The van der Waals surface area contributed by atoms with Crippen LogP contribution in [0.3, 0.4) is 0 Å². The summed E-state index contributed by atoms with van der Waals surface area (Å²) in [5.74, 6) is 0. The Kier molecular flexibility index (Phi) is 5.80. The number of nitrogens with one attached hydrogen (secondary N) is 1. The van der Waals surface area contributed by atoms with Gasteiger partial charge in [-0.15, -0.1) is 0 Å². The Bertz CT molecular complexity index is 283. The molecule has 0 radical (unpaired) electrons. The molecule has 1 aliphatic rings. The van der Waals surface area contributed by atoms with Gasteiger partial charge in [0.05, 0.1) is 6.61 Å². The van der Waals surface area contributed by atoms with Gasteiger partial charge in [0.25, 0.3) is 0 Å². The van der Waals surface area contributed by atoms with Crippen molar-refractivity contribution in [3.63, 3.8) is 0 Å². The van der Waals surface area contributed by atoms with Crippen molar-refractivity contribution in [2.45, 2.75) is 58.2 Å². The van der Waals surface area contributed by atoms with E-state index in [0.29, 0.717) is 6.04 Å². The number of likely N-dealkylation sites (N-methyl/N-ethyl adjacent to an activating group) is 2. The van der Waals surface area contributed by atoms with Gasteiger partial charge < -0.3 is 10.4 Å². The first-order valence-electron chi connectivity index (χ1n) is 7.55. The van der Waals surface area contributed by atoms with Crippen LogP contribution < -0.4 is 5.32 Å². The topological polar surface area (TPSA) is 38.7 Å². The van der Waals surface area contributed by atoms with Crippen LogP contribution in [-0.2, 0) is 0 Å². The van der Waals surface area contributed by atoms with Gasteiger partial charge in [-0.05, 0) is 47.7 Å². The first-order chi connectivity index (χ1) is 8.74. The summed E-state index contributed by atoms with van der Waals surface area (Å²) in [6, 6.07) is 0.490. The molecule has 2 unspecified atom stereocenters. The van der Waals surface area contributed by atoms with Gasteiger partial charge in [-0.3, -0.25) is 9.80 Å². The monoisotopic (exact) mass is 271 g/mol. The van der Waals surface area contributed by atoms with Crippen molar-refractivity contribution in [3.05, 3.63) is 0 Å². The first kappa shape index (κ1) is 16.9. The van der Waals surface area contributed by atoms with Crippen molar-refractivity contribution in [1.29, 1.82) is 0 Å².